The maximum absolute atomic E-state index is 12.2. The second-order valence-electron chi connectivity index (χ2n) is 5.50. The maximum atomic E-state index is 12.2. The molecule has 0 saturated heterocycles. The number of amides is 2. The van der Waals surface area contributed by atoms with Crippen LogP contribution in [0.1, 0.15) is 20.3 Å². The Morgan fingerprint density at radius 1 is 1.45 bits per heavy atom. The summed E-state index contributed by atoms with van der Waals surface area (Å²) in [5.74, 6) is -0.0757. The Labute approximate surface area is 117 Å². The van der Waals surface area contributed by atoms with Crippen molar-refractivity contribution in [2.75, 3.05) is 11.9 Å². The Bertz CT molecular complexity index is 528. The van der Waals surface area contributed by atoms with E-state index in [1.165, 1.54) is 0 Å². The van der Waals surface area contributed by atoms with Crippen molar-refractivity contribution in [2.45, 2.75) is 31.9 Å². The molecule has 1 atom stereocenters. The normalized spacial score (nSPS) is 17.4. The van der Waals surface area contributed by atoms with Crippen LogP contribution in [0.4, 0.5) is 5.69 Å². The molecule has 1 aliphatic heterocycles. The molecule has 2 rings (SSSR count). The van der Waals surface area contributed by atoms with Gasteiger partial charge in [-0.3, -0.25) is 9.59 Å². The summed E-state index contributed by atoms with van der Waals surface area (Å²) in [4.78, 5) is 23.1. The van der Waals surface area contributed by atoms with Crippen LogP contribution in [0.15, 0.2) is 24.3 Å². The minimum absolute atomic E-state index is 0.0788. The van der Waals surface area contributed by atoms with Gasteiger partial charge in [0.1, 0.15) is 5.75 Å². The fraction of sp³-hybridized carbons (Fsp3) is 0.429. The van der Waals surface area contributed by atoms with Gasteiger partial charge in [0.25, 0.3) is 5.91 Å². The maximum Gasteiger partial charge on any atom is 0.263 e. The van der Waals surface area contributed by atoms with E-state index in [1.807, 2.05) is 18.2 Å². The van der Waals surface area contributed by atoms with Gasteiger partial charge in [-0.25, -0.2) is 0 Å². The van der Waals surface area contributed by atoms with Crippen molar-refractivity contribution in [1.82, 2.24) is 5.32 Å². The number of primary amides is 1. The summed E-state index contributed by atoms with van der Waals surface area (Å²) in [5.41, 5.74) is 5.34. The minimum atomic E-state index is -0.691. The van der Waals surface area contributed by atoms with Crippen molar-refractivity contribution in [1.29, 1.82) is 0 Å². The Balaban J connectivity index is 2.00. The van der Waals surface area contributed by atoms with Crippen LogP contribution in [-0.4, -0.2) is 30.0 Å². The van der Waals surface area contributed by atoms with Crippen molar-refractivity contribution in [3.8, 4) is 5.75 Å². The number of para-hydroxylation sites is 2. The van der Waals surface area contributed by atoms with E-state index in [-0.39, 0.29) is 12.3 Å². The molecule has 1 heterocycles. The van der Waals surface area contributed by atoms with E-state index >= 15 is 0 Å². The summed E-state index contributed by atoms with van der Waals surface area (Å²) in [7, 11) is 0. The fourth-order valence-corrected chi connectivity index (χ4v) is 2.15. The van der Waals surface area contributed by atoms with Crippen LogP contribution in [0.25, 0.3) is 0 Å². The minimum Gasteiger partial charge on any atom is -0.477 e. The second kappa shape index (κ2) is 5.40. The third-order valence-corrected chi connectivity index (χ3v) is 3.00. The largest absolute Gasteiger partial charge is 0.477 e. The lowest BCUT2D eigenvalue weighted by molar-refractivity contribution is -0.129. The first-order valence-electron chi connectivity index (χ1n) is 6.47. The SMILES string of the molecule is CC(C)(CC(N)=O)NC(=O)C1CNc2ccccc2O1. The van der Waals surface area contributed by atoms with E-state index in [0.29, 0.717) is 12.3 Å². The van der Waals surface area contributed by atoms with Crippen molar-refractivity contribution in [3.63, 3.8) is 0 Å². The number of carbonyl (C=O) groups excluding carboxylic acids is 2. The van der Waals surface area contributed by atoms with Crippen LogP contribution in [0.5, 0.6) is 5.75 Å². The average molecular weight is 277 g/mol. The number of benzene rings is 1. The highest BCUT2D eigenvalue weighted by Gasteiger charge is 2.30. The van der Waals surface area contributed by atoms with E-state index < -0.39 is 17.6 Å². The zero-order valence-corrected chi connectivity index (χ0v) is 11.6. The number of nitrogens with two attached hydrogens (primary N) is 1. The molecule has 1 aromatic rings. The number of carbonyl (C=O) groups is 2. The van der Waals surface area contributed by atoms with Crippen LogP contribution in [-0.2, 0) is 9.59 Å². The van der Waals surface area contributed by atoms with Crippen molar-refractivity contribution >= 4 is 17.5 Å². The fourth-order valence-electron chi connectivity index (χ4n) is 2.15. The van der Waals surface area contributed by atoms with Gasteiger partial charge >= 0.3 is 0 Å². The molecule has 108 valence electrons. The van der Waals surface area contributed by atoms with Gasteiger partial charge in [0.2, 0.25) is 5.91 Å². The van der Waals surface area contributed by atoms with Gasteiger partial charge in [0.15, 0.2) is 6.10 Å². The number of hydrogen-bond donors (Lipinski definition) is 3. The highest BCUT2D eigenvalue weighted by molar-refractivity contribution is 5.84. The van der Waals surface area contributed by atoms with Gasteiger partial charge < -0.3 is 21.1 Å². The van der Waals surface area contributed by atoms with Gasteiger partial charge in [-0.1, -0.05) is 12.1 Å². The van der Waals surface area contributed by atoms with Crippen molar-refractivity contribution in [3.05, 3.63) is 24.3 Å². The molecule has 0 aromatic heterocycles. The summed E-state index contributed by atoms with van der Waals surface area (Å²) in [6, 6.07) is 7.43. The number of rotatable bonds is 4. The zero-order valence-electron chi connectivity index (χ0n) is 11.6. The Morgan fingerprint density at radius 2 is 2.15 bits per heavy atom. The van der Waals surface area contributed by atoms with Crippen molar-refractivity contribution in [2.24, 2.45) is 5.73 Å². The van der Waals surface area contributed by atoms with Gasteiger partial charge in [0, 0.05) is 12.0 Å². The van der Waals surface area contributed by atoms with Crippen LogP contribution in [0.3, 0.4) is 0 Å². The number of fused-ring (bicyclic) bond motifs is 1. The molecule has 0 fully saturated rings. The van der Waals surface area contributed by atoms with Crippen LogP contribution in [0.2, 0.25) is 0 Å². The molecule has 1 aromatic carbocycles. The number of hydrogen-bond acceptors (Lipinski definition) is 4. The molecule has 0 saturated carbocycles. The highest BCUT2D eigenvalue weighted by Crippen LogP contribution is 2.28. The molecule has 0 spiro atoms. The predicted molar refractivity (Wildman–Crippen MR) is 75.4 cm³/mol. The molecule has 6 nitrogen and oxygen atoms in total. The highest BCUT2D eigenvalue weighted by atomic mass is 16.5. The summed E-state index contributed by atoms with van der Waals surface area (Å²) in [6.45, 7) is 3.88. The summed E-state index contributed by atoms with van der Waals surface area (Å²) >= 11 is 0. The average Bonchev–Trinajstić information content (AvgIpc) is 2.36. The first kappa shape index (κ1) is 14.2. The summed E-state index contributed by atoms with van der Waals surface area (Å²) in [6.07, 6.45) is -0.549. The van der Waals surface area contributed by atoms with Crippen LogP contribution in [0, 0.1) is 0 Å². The van der Waals surface area contributed by atoms with Gasteiger partial charge in [-0.15, -0.1) is 0 Å². The smallest absolute Gasteiger partial charge is 0.263 e. The first-order chi connectivity index (χ1) is 9.37. The van der Waals surface area contributed by atoms with Crippen molar-refractivity contribution < 1.29 is 14.3 Å². The molecule has 0 bridgehead atoms. The van der Waals surface area contributed by atoms with E-state index in [0.717, 1.165) is 5.69 Å². The lowest BCUT2D eigenvalue weighted by Crippen LogP contribution is -2.53. The molecule has 2 amide bonds. The van der Waals surface area contributed by atoms with Crippen LogP contribution >= 0.6 is 0 Å². The van der Waals surface area contributed by atoms with E-state index in [1.54, 1.807) is 19.9 Å². The molecule has 20 heavy (non-hydrogen) atoms. The van der Waals surface area contributed by atoms with E-state index in [9.17, 15) is 9.59 Å². The van der Waals surface area contributed by atoms with Crippen LogP contribution < -0.4 is 21.1 Å². The first-order valence-corrected chi connectivity index (χ1v) is 6.47. The topological polar surface area (TPSA) is 93.5 Å². The lowest BCUT2D eigenvalue weighted by atomic mass is 10.00. The molecule has 0 radical (unpaired) electrons. The Hall–Kier alpha value is -2.24. The molecule has 4 N–H and O–H groups in total. The standard InChI is InChI=1S/C14H19N3O3/c1-14(2,7-12(15)18)17-13(19)11-8-16-9-5-3-4-6-10(9)20-11/h3-6,11,16H,7-8H2,1-2H3,(H2,15,18)(H,17,19). The Kier molecular flexibility index (Phi) is 3.83. The predicted octanol–water partition coefficient (Wildman–Crippen LogP) is 0.630. The zero-order chi connectivity index (χ0) is 14.8. The quantitative estimate of drug-likeness (QED) is 0.752. The number of ether oxygens (including phenoxy) is 1. The van der Waals surface area contributed by atoms with Gasteiger partial charge in [0.05, 0.1) is 12.2 Å². The molecular formula is C14H19N3O3. The summed E-state index contributed by atoms with van der Waals surface area (Å²) < 4.78 is 5.65. The second-order valence-corrected chi connectivity index (χ2v) is 5.50. The molecule has 0 aliphatic carbocycles. The number of nitrogens with one attached hydrogen (secondary N) is 2. The molecular weight excluding hydrogens is 258 g/mol. The third kappa shape index (κ3) is 3.40. The molecule has 1 aliphatic rings. The Morgan fingerprint density at radius 3 is 2.85 bits per heavy atom. The molecule has 1 unspecified atom stereocenters. The monoisotopic (exact) mass is 277 g/mol. The van der Waals surface area contributed by atoms with Gasteiger partial charge in [-0.2, -0.15) is 0 Å². The van der Waals surface area contributed by atoms with E-state index in [4.69, 9.17) is 10.5 Å². The molecule has 6 heteroatoms. The van der Waals surface area contributed by atoms with E-state index in [2.05, 4.69) is 10.6 Å². The summed E-state index contributed by atoms with van der Waals surface area (Å²) in [5, 5.41) is 5.93. The number of anilines is 1. The van der Waals surface area contributed by atoms with Gasteiger partial charge in [-0.05, 0) is 26.0 Å². The third-order valence-electron chi connectivity index (χ3n) is 3.00. The lowest BCUT2D eigenvalue weighted by Gasteiger charge is -2.31.